The van der Waals surface area contributed by atoms with Gasteiger partial charge >= 0.3 is 0 Å². The Hall–Kier alpha value is -1.66. The second kappa shape index (κ2) is 6.19. The first kappa shape index (κ1) is 14.7. The lowest BCUT2D eigenvalue weighted by Crippen LogP contribution is -2.56. The van der Waals surface area contributed by atoms with E-state index in [1.165, 1.54) is 19.2 Å². The first-order valence-corrected chi connectivity index (χ1v) is 6.52. The fourth-order valence-electron chi connectivity index (χ4n) is 2.14. The number of halogens is 1. The van der Waals surface area contributed by atoms with Crippen molar-refractivity contribution in [2.24, 2.45) is 5.73 Å². The molecule has 0 spiro atoms. The van der Waals surface area contributed by atoms with Crippen LogP contribution in [0.5, 0.6) is 5.75 Å². The number of nitrogens with one attached hydrogen (secondary N) is 1. The molecule has 1 aromatic rings. The van der Waals surface area contributed by atoms with Gasteiger partial charge in [-0.3, -0.25) is 4.79 Å². The number of rotatable bonds is 4. The molecule has 0 bridgehead atoms. The van der Waals surface area contributed by atoms with Gasteiger partial charge in [0, 0.05) is 19.8 Å². The molecule has 1 saturated heterocycles. The maximum Gasteiger partial charge on any atom is 0.240 e. The first-order chi connectivity index (χ1) is 9.55. The van der Waals surface area contributed by atoms with Crippen LogP contribution in [-0.4, -0.2) is 31.8 Å². The van der Waals surface area contributed by atoms with Crippen molar-refractivity contribution in [2.45, 2.75) is 24.9 Å². The molecule has 1 aliphatic heterocycles. The Morgan fingerprint density at radius 1 is 1.50 bits per heavy atom. The van der Waals surface area contributed by atoms with Crippen molar-refractivity contribution in [3.8, 4) is 5.75 Å². The Morgan fingerprint density at radius 2 is 2.20 bits per heavy atom. The van der Waals surface area contributed by atoms with Crippen LogP contribution in [0, 0.1) is 5.82 Å². The molecule has 1 aromatic carbocycles. The molecule has 2 rings (SSSR count). The third-order valence-electron chi connectivity index (χ3n) is 3.51. The van der Waals surface area contributed by atoms with Crippen LogP contribution in [0.3, 0.4) is 0 Å². The molecule has 0 atom stereocenters. The summed E-state index contributed by atoms with van der Waals surface area (Å²) in [4.78, 5) is 12.1. The molecule has 6 heteroatoms. The number of ether oxygens (including phenoxy) is 2. The summed E-state index contributed by atoms with van der Waals surface area (Å²) in [5.41, 5.74) is 5.83. The smallest absolute Gasteiger partial charge is 0.240 e. The number of carbonyl (C=O) groups excluding carboxylic acids is 1. The third kappa shape index (κ3) is 3.26. The van der Waals surface area contributed by atoms with Gasteiger partial charge in [0.2, 0.25) is 5.91 Å². The maximum absolute atomic E-state index is 13.5. The number of methoxy groups -OCH3 is 1. The van der Waals surface area contributed by atoms with Crippen molar-refractivity contribution in [3.05, 3.63) is 29.6 Å². The Bertz CT molecular complexity index is 487. The van der Waals surface area contributed by atoms with E-state index in [-0.39, 0.29) is 18.2 Å². The van der Waals surface area contributed by atoms with Gasteiger partial charge in [-0.15, -0.1) is 0 Å². The van der Waals surface area contributed by atoms with Gasteiger partial charge in [-0.05, 0) is 30.5 Å². The summed E-state index contributed by atoms with van der Waals surface area (Å²) < 4.78 is 23.6. The van der Waals surface area contributed by atoms with E-state index in [0.29, 0.717) is 31.6 Å². The minimum absolute atomic E-state index is 0.180. The van der Waals surface area contributed by atoms with Crippen LogP contribution in [0.4, 0.5) is 4.39 Å². The molecule has 1 fully saturated rings. The predicted molar refractivity (Wildman–Crippen MR) is 71.8 cm³/mol. The van der Waals surface area contributed by atoms with Gasteiger partial charge < -0.3 is 20.5 Å². The Kier molecular flexibility index (Phi) is 4.57. The lowest BCUT2D eigenvalue weighted by molar-refractivity contribution is -0.129. The molecule has 1 heterocycles. The van der Waals surface area contributed by atoms with Gasteiger partial charge in [0.25, 0.3) is 0 Å². The van der Waals surface area contributed by atoms with Crippen LogP contribution in [-0.2, 0) is 16.1 Å². The quantitative estimate of drug-likeness (QED) is 0.862. The highest BCUT2D eigenvalue weighted by molar-refractivity contribution is 5.86. The van der Waals surface area contributed by atoms with Crippen LogP contribution in [0.2, 0.25) is 0 Å². The zero-order valence-electron chi connectivity index (χ0n) is 11.4. The fraction of sp³-hybridized carbons (Fsp3) is 0.500. The highest BCUT2D eigenvalue weighted by Gasteiger charge is 2.35. The fourth-order valence-corrected chi connectivity index (χ4v) is 2.14. The average molecular weight is 282 g/mol. The number of amides is 1. The summed E-state index contributed by atoms with van der Waals surface area (Å²) >= 11 is 0. The van der Waals surface area contributed by atoms with Crippen LogP contribution in [0.1, 0.15) is 18.4 Å². The molecule has 1 amide bonds. The number of hydrogen-bond donors (Lipinski definition) is 2. The van der Waals surface area contributed by atoms with E-state index in [1.54, 1.807) is 6.07 Å². The molecule has 20 heavy (non-hydrogen) atoms. The molecule has 0 radical (unpaired) electrons. The Morgan fingerprint density at radius 3 is 2.80 bits per heavy atom. The molecular formula is C14H19FN2O3. The van der Waals surface area contributed by atoms with E-state index < -0.39 is 11.4 Å². The molecule has 0 saturated carbocycles. The molecule has 0 aliphatic carbocycles. The summed E-state index contributed by atoms with van der Waals surface area (Å²) in [5.74, 6) is -0.496. The van der Waals surface area contributed by atoms with Gasteiger partial charge in [-0.1, -0.05) is 6.07 Å². The summed E-state index contributed by atoms with van der Waals surface area (Å²) in [6, 6.07) is 4.57. The van der Waals surface area contributed by atoms with Gasteiger partial charge in [-0.25, -0.2) is 4.39 Å². The van der Waals surface area contributed by atoms with Crippen LogP contribution < -0.4 is 15.8 Å². The van der Waals surface area contributed by atoms with Crippen molar-refractivity contribution >= 4 is 5.91 Å². The van der Waals surface area contributed by atoms with Crippen molar-refractivity contribution < 1.29 is 18.7 Å². The normalized spacial score (nSPS) is 17.6. The minimum Gasteiger partial charge on any atom is -0.494 e. The minimum atomic E-state index is -0.886. The van der Waals surface area contributed by atoms with E-state index in [9.17, 15) is 9.18 Å². The van der Waals surface area contributed by atoms with Crippen molar-refractivity contribution in [1.29, 1.82) is 0 Å². The zero-order valence-corrected chi connectivity index (χ0v) is 11.4. The summed E-state index contributed by atoms with van der Waals surface area (Å²) in [6.07, 6.45) is 0.992. The highest BCUT2D eigenvalue weighted by atomic mass is 19.1. The van der Waals surface area contributed by atoms with Crippen molar-refractivity contribution in [3.63, 3.8) is 0 Å². The van der Waals surface area contributed by atoms with Crippen molar-refractivity contribution in [1.82, 2.24) is 5.32 Å². The number of carbonyl (C=O) groups is 1. The van der Waals surface area contributed by atoms with E-state index >= 15 is 0 Å². The number of nitrogens with two attached hydrogens (primary N) is 1. The second-order valence-corrected chi connectivity index (χ2v) is 4.92. The lowest BCUT2D eigenvalue weighted by Gasteiger charge is -2.31. The number of hydrogen-bond acceptors (Lipinski definition) is 4. The van der Waals surface area contributed by atoms with Gasteiger partial charge in [0.15, 0.2) is 11.6 Å². The topological polar surface area (TPSA) is 73.6 Å². The van der Waals surface area contributed by atoms with E-state index in [1.807, 2.05) is 0 Å². The molecule has 1 aliphatic rings. The predicted octanol–water partition coefficient (Wildman–Crippen LogP) is 0.958. The standard InChI is InChI=1S/C14H19FN2O3/c1-19-12-3-2-10(8-11(12)15)9-17-13(18)14(16)4-6-20-7-5-14/h2-3,8H,4-7,9,16H2,1H3,(H,17,18). The summed E-state index contributed by atoms with van der Waals surface area (Å²) in [6.45, 7) is 1.21. The van der Waals surface area contributed by atoms with Crippen LogP contribution in [0.15, 0.2) is 18.2 Å². The van der Waals surface area contributed by atoms with Gasteiger partial charge in [-0.2, -0.15) is 0 Å². The van der Waals surface area contributed by atoms with Crippen molar-refractivity contribution in [2.75, 3.05) is 20.3 Å². The summed E-state index contributed by atoms with van der Waals surface area (Å²) in [5, 5.41) is 2.75. The van der Waals surface area contributed by atoms with Crippen LogP contribution in [0.25, 0.3) is 0 Å². The molecule has 110 valence electrons. The largest absolute Gasteiger partial charge is 0.494 e. The lowest BCUT2D eigenvalue weighted by atomic mass is 9.90. The Labute approximate surface area is 117 Å². The zero-order chi connectivity index (χ0) is 14.6. The molecule has 0 unspecified atom stereocenters. The third-order valence-corrected chi connectivity index (χ3v) is 3.51. The monoisotopic (exact) mass is 282 g/mol. The van der Waals surface area contributed by atoms with Crippen LogP contribution >= 0.6 is 0 Å². The first-order valence-electron chi connectivity index (χ1n) is 6.52. The van der Waals surface area contributed by atoms with E-state index in [2.05, 4.69) is 5.32 Å². The SMILES string of the molecule is COc1ccc(CNC(=O)C2(N)CCOCC2)cc1F. The molecular weight excluding hydrogens is 263 g/mol. The van der Waals surface area contributed by atoms with E-state index in [4.69, 9.17) is 15.2 Å². The second-order valence-electron chi connectivity index (χ2n) is 4.92. The molecule has 0 aromatic heterocycles. The molecule has 5 nitrogen and oxygen atoms in total. The number of benzene rings is 1. The highest BCUT2D eigenvalue weighted by Crippen LogP contribution is 2.19. The summed E-state index contributed by atoms with van der Waals surface area (Å²) in [7, 11) is 1.41. The van der Waals surface area contributed by atoms with E-state index in [0.717, 1.165) is 0 Å². The Balaban J connectivity index is 1.94. The van der Waals surface area contributed by atoms with Gasteiger partial charge in [0.05, 0.1) is 12.6 Å². The average Bonchev–Trinajstić information content (AvgIpc) is 2.45. The van der Waals surface area contributed by atoms with Gasteiger partial charge in [0.1, 0.15) is 0 Å². The maximum atomic E-state index is 13.5. The molecule has 3 N–H and O–H groups in total.